The highest BCUT2D eigenvalue weighted by molar-refractivity contribution is 9.10. The molecule has 2 rings (SSSR count). The molecule has 82 valence electrons. The van der Waals surface area contributed by atoms with Crippen LogP contribution in [0.3, 0.4) is 0 Å². The normalized spacial score (nSPS) is 10.3. The summed E-state index contributed by atoms with van der Waals surface area (Å²) in [6.07, 6.45) is 1.81. The highest BCUT2D eigenvalue weighted by atomic mass is 79.9. The molecule has 2 heteroatoms. The first-order valence-corrected chi connectivity index (χ1v) is 6.06. The number of benzene rings is 2. The van der Waals surface area contributed by atoms with Crippen molar-refractivity contribution in [3.05, 3.63) is 64.1 Å². The van der Waals surface area contributed by atoms with Gasteiger partial charge in [-0.3, -0.25) is 0 Å². The molecule has 2 aromatic carbocycles. The molecule has 0 fully saturated rings. The lowest BCUT2D eigenvalue weighted by Gasteiger charge is -2.04. The second kappa shape index (κ2) is 5.17. The van der Waals surface area contributed by atoms with Crippen molar-refractivity contribution in [2.45, 2.75) is 12.8 Å². The Balaban J connectivity index is 2.05. The number of hydrogen-bond acceptors (Lipinski definition) is 1. The van der Waals surface area contributed by atoms with Gasteiger partial charge in [0.1, 0.15) is 5.75 Å². The largest absolute Gasteiger partial charge is 0.508 e. The van der Waals surface area contributed by atoms with Gasteiger partial charge in [0.15, 0.2) is 0 Å². The Morgan fingerprint density at radius 1 is 0.938 bits per heavy atom. The van der Waals surface area contributed by atoms with Crippen molar-refractivity contribution in [2.75, 3.05) is 0 Å². The van der Waals surface area contributed by atoms with E-state index in [0.717, 1.165) is 22.9 Å². The number of para-hydroxylation sites is 1. The van der Waals surface area contributed by atoms with Crippen LogP contribution in [-0.2, 0) is 12.8 Å². The molecule has 0 spiro atoms. The third kappa shape index (κ3) is 2.86. The molecule has 0 bridgehead atoms. The lowest BCUT2D eigenvalue weighted by Crippen LogP contribution is -1.91. The molecule has 0 heterocycles. The maximum absolute atomic E-state index is 9.63. The molecule has 0 aliphatic carbocycles. The van der Waals surface area contributed by atoms with E-state index in [4.69, 9.17) is 0 Å². The highest BCUT2D eigenvalue weighted by Gasteiger charge is 2.00. The lowest BCUT2D eigenvalue weighted by molar-refractivity contribution is 0.468. The third-order valence-corrected chi connectivity index (χ3v) is 3.06. The van der Waals surface area contributed by atoms with Gasteiger partial charge in [0.25, 0.3) is 0 Å². The summed E-state index contributed by atoms with van der Waals surface area (Å²) in [5, 5.41) is 9.63. The maximum Gasteiger partial charge on any atom is 0.118 e. The number of aromatic hydroxyl groups is 1. The Bertz CT molecular complexity index is 480. The summed E-state index contributed by atoms with van der Waals surface area (Å²) in [6, 6.07) is 15.8. The van der Waals surface area contributed by atoms with Crippen LogP contribution in [0.4, 0.5) is 0 Å². The number of hydrogen-bond donors (Lipinski definition) is 1. The minimum Gasteiger partial charge on any atom is -0.508 e. The SMILES string of the molecule is Oc1ccccc1CCc1cccc(Br)c1. The van der Waals surface area contributed by atoms with E-state index in [1.54, 1.807) is 6.07 Å². The summed E-state index contributed by atoms with van der Waals surface area (Å²) in [5.74, 6) is 0.387. The maximum atomic E-state index is 9.63. The van der Waals surface area contributed by atoms with Crippen LogP contribution in [-0.4, -0.2) is 5.11 Å². The molecule has 0 amide bonds. The molecule has 16 heavy (non-hydrogen) atoms. The van der Waals surface area contributed by atoms with Gasteiger partial charge in [-0.1, -0.05) is 46.3 Å². The molecule has 0 atom stereocenters. The lowest BCUT2D eigenvalue weighted by atomic mass is 10.0. The van der Waals surface area contributed by atoms with Gasteiger partial charge in [0, 0.05) is 4.47 Å². The van der Waals surface area contributed by atoms with Crippen LogP contribution < -0.4 is 0 Å². The second-order valence-electron chi connectivity index (χ2n) is 3.76. The van der Waals surface area contributed by atoms with E-state index in [1.807, 2.05) is 30.3 Å². The standard InChI is InChI=1S/C14H13BrO/c15-13-6-3-4-11(10-13)8-9-12-5-1-2-7-14(12)16/h1-7,10,16H,8-9H2. The molecular weight excluding hydrogens is 264 g/mol. The van der Waals surface area contributed by atoms with Crippen molar-refractivity contribution in [3.63, 3.8) is 0 Å². The van der Waals surface area contributed by atoms with Gasteiger partial charge in [-0.25, -0.2) is 0 Å². The zero-order valence-electron chi connectivity index (χ0n) is 8.86. The van der Waals surface area contributed by atoms with E-state index in [1.165, 1.54) is 5.56 Å². The van der Waals surface area contributed by atoms with Gasteiger partial charge >= 0.3 is 0 Å². The smallest absolute Gasteiger partial charge is 0.118 e. The molecule has 1 nitrogen and oxygen atoms in total. The zero-order valence-corrected chi connectivity index (χ0v) is 10.4. The first-order valence-electron chi connectivity index (χ1n) is 5.27. The van der Waals surface area contributed by atoms with Crippen LogP contribution in [0.1, 0.15) is 11.1 Å². The van der Waals surface area contributed by atoms with Gasteiger partial charge in [-0.05, 0) is 42.2 Å². The number of phenolic OH excluding ortho intramolecular Hbond substituents is 1. The fraction of sp³-hybridized carbons (Fsp3) is 0.143. The van der Waals surface area contributed by atoms with E-state index in [-0.39, 0.29) is 0 Å². The van der Waals surface area contributed by atoms with Gasteiger partial charge in [-0.2, -0.15) is 0 Å². The van der Waals surface area contributed by atoms with Gasteiger partial charge in [0.05, 0.1) is 0 Å². The quantitative estimate of drug-likeness (QED) is 0.901. The van der Waals surface area contributed by atoms with E-state index < -0.39 is 0 Å². The van der Waals surface area contributed by atoms with Gasteiger partial charge < -0.3 is 5.11 Å². The van der Waals surface area contributed by atoms with E-state index in [9.17, 15) is 5.11 Å². The van der Waals surface area contributed by atoms with Crippen molar-refractivity contribution in [1.82, 2.24) is 0 Å². The molecule has 0 saturated heterocycles. The monoisotopic (exact) mass is 276 g/mol. The molecule has 0 saturated carbocycles. The Labute approximate surface area is 104 Å². The predicted octanol–water partition coefficient (Wildman–Crippen LogP) is 3.94. The summed E-state index contributed by atoms with van der Waals surface area (Å²) < 4.78 is 1.10. The van der Waals surface area contributed by atoms with E-state index in [0.29, 0.717) is 5.75 Å². The summed E-state index contributed by atoms with van der Waals surface area (Å²) in [7, 11) is 0. The Morgan fingerprint density at radius 3 is 2.50 bits per heavy atom. The molecule has 0 unspecified atom stereocenters. The molecule has 0 aliphatic heterocycles. The van der Waals surface area contributed by atoms with E-state index >= 15 is 0 Å². The van der Waals surface area contributed by atoms with Crippen LogP contribution in [0.5, 0.6) is 5.75 Å². The molecule has 1 N–H and O–H groups in total. The highest BCUT2D eigenvalue weighted by Crippen LogP contribution is 2.19. The van der Waals surface area contributed by atoms with Gasteiger partial charge in [0.2, 0.25) is 0 Å². The average Bonchev–Trinajstić information content (AvgIpc) is 2.28. The average molecular weight is 277 g/mol. The molecular formula is C14H13BrO. The number of halogens is 1. The summed E-state index contributed by atoms with van der Waals surface area (Å²) >= 11 is 3.45. The zero-order chi connectivity index (χ0) is 11.4. The van der Waals surface area contributed by atoms with Crippen LogP contribution in [0.2, 0.25) is 0 Å². The van der Waals surface area contributed by atoms with Gasteiger partial charge in [-0.15, -0.1) is 0 Å². The predicted molar refractivity (Wildman–Crippen MR) is 69.7 cm³/mol. The summed E-state index contributed by atoms with van der Waals surface area (Å²) in [4.78, 5) is 0. The Kier molecular flexibility index (Phi) is 3.62. The fourth-order valence-electron chi connectivity index (χ4n) is 1.69. The fourth-order valence-corrected chi connectivity index (χ4v) is 2.14. The minimum absolute atomic E-state index is 0.387. The summed E-state index contributed by atoms with van der Waals surface area (Å²) in [6.45, 7) is 0. The van der Waals surface area contributed by atoms with Crippen molar-refractivity contribution in [2.24, 2.45) is 0 Å². The van der Waals surface area contributed by atoms with Crippen molar-refractivity contribution in [3.8, 4) is 5.75 Å². The first-order chi connectivity index (χ1) is 7.75. The van der Waals surface area contributed by atoms with Crippen LogP contribution in [0, 0.1) is 0 Å². The van der Waals surface area contributed by atoms with Crippen molar-refractivity contribution < 1.29 is 5.11 Å². The van der Waals surface area contributed by atoms with Crippen LogP contribution in [0.25, 0.3) is 0 Å². The summed E-state index contributed by atoms with van der Waals surface area (Å²) in [5.41, 5.74) is 2.28. The topological polar surface area (TPSA) is 20.2 Å². The van der Waals surface area contributed by atoms with E-state index in [2.05, 4.69) is 28.1 Å². The van der Waals surface area contributed by atoms with Crippen molar-refractivity contribution in [1.29, 1.82) is 0 Å². The van der Waals surface area contributed by atoms with Crippen LogP contribution in [0.15, 0.2) is 53.0 Å². The number of phenols is 1. The number of aryl methyl sites for hydroxylation is 2. The number of rotatable bonds is 3. The Hall–Kier alpha value is -1.28. The minimum atomic E-state index is 0.387. The molecule has 0 aromatic heterocycles. The second-order valence-corrected chi connectivity index (χ2v) is 4.67. The third-order valence-electron chi connectivity index (χ3n) is 2.56. The Morgan fingerprint density at radius 2 is 1.75 bits per heavy atom. The molecule has 0 aliphatic rings. The van der Waals surface area contributed by atoms with Crippen LogP contribution >= 0.6 is 15.9 Å². The first kappa shape index (κ1) is 11.2. The molecule has 2 aromatic rings. The van der Waals surface area contributed by atoms with Crippen molar-refractivity contribution >= 4 is 15.9 Å². The molecule has 0 radical (unpaired) electrons.